The van der Waals surface area contributed by atoms with Crippen LogP contribution in [0.5, 0.6) is 5.88 Å². The molecule has 0 unspecified atom stereocenters. The molecule has 0 aliphatic carbocycles. The van der Waals surface area contributed by atoms with Crippen LogP contribution in [0.1, 0.15) is 5.56 Å². The Morgan fingerprint density at radius 1 is 1.25 bits per heavy atom. The zero-order valence-electron chi connectivity index (χ0n) is 8.36. The summed E-state index contributed by atoms with van der Waals surface area (Å²) in [4.78, 5) is 4.11. The first-order valence-electron chi connectivity index (χ1n) is 4.73. The van der Waals surface area contributed by atoms with E-state index in [0.717, 1.165) is 10.0 Å². The van der Waals surface area contributed by atoms with Crippen molar-refractivity contribution >= 4 is 27.5 Å². The summed E-state index contributed by atoms with van der Waals surface area (Å²) in [7, 11) is 0. The second-order valence-corrected chi connectivity index (χ2v) is 4.59. The fourth-order valence-electron chi connectivity index (χ4n) is 1.23. The summed E-state index contributed by atoms with van der Waals surface area (Å²) in [5.41, 5.74) is 1.03. The minimum atomic E-state index is 0.467. The van der Waals surface area contributed by atoms with E-state index in [1.54, 1.807) is 6.20 Å². The van der Waals surface area contributed by atoms with Crippen LogP contribution in [0.4, 0.5) is 0 Å². The summed E-state index contributed by atoms with van der Waals surface area (Å²) in [5.74, 6) is 0.600. The van der Waals surface area contributed by atoms with Crippen molar-refractivity contribution in [1.82, 2.24) is 4.98 Å². The van der Waals surface area contributed by atoms with Gasteiger partial charge in [-0.3, -0.25) is 0 Å². The lowest BCUT2D eigenvalue weighted by atomic mass is 10.2. The van der Waals surface area contributed by atoms with Crippen LogP contribution in [0.15, 0.2) is 47.1 Å². The Balaban J connectivity index is 1.99. The van der Waals surface area contributed by atoms with Crippen molar-refractivity contribution in [2.45, 2.75) is 6.61 Å². The number of benzene rings is 1. The molecule has 1 heterocycles. The van der Waals surface area contributed by atoms with Gasteiger partial charge in [-0.1, -0.05) is 23.7 Å². The second-order valence-electron chi connectivity index (χ2n) is 3.23. The van der Waals surface area contributed by atoms with Crippen molar-refractivity contribution in [2.75, 3.05) is 0 Å². The van der Waals surface area contributed by atoms with E-state index in [-0.39, 0.29) is 0 Å². The van der Waals surface area contributed by atoms with E-state index in [0.29, 0.717) is 17.5 Å². The molecular formula is C12H9BrClNO. The quantitative estimate of drug-likeness (QED) is 0.852. The average Bonchev–Trinajstić information content (AvgIpc) is 2.28. The summed E-state index contributed by atoms with van der Waals surface area (Å²) in [6.45, 7) is 0.467. The second kappa shape index (κ2) is 5.32. The van der Waals surface area contributed by atoms with Crippen LogP contribution in [0.25, 0.3) is 0 Å². The Bertz CT molecular complexity index is 473. The smallest absolute Gasteiger partial charge is 0.213 e. The van der Waals surface area contributed by atoms with Crippen LogP contribution >= 0.6 is 27.5 Å². The fraction of sp³-hybridized carbons (Fsp3) is 0.0833. The predicted molar refractivity (Wildman–Crippen MR) is 67.7 cm³/mol. The number of pyridine rings is 1. The Morgan fingerprint density at radius 2 is 2.12 bits per heavy atom. The normalized spacial score (nSPS) is 10.1. The zero-order valence-corrected chi connectivity index (χ0v) is 10.7. The number of aromatic nitrogens is 1. The molecule has 0 fully saturated rings. The summed E-state index contributed by atoms with van der Waals surface area (Å²) >= 11 is 9.19. The molecule has 0 radical (unpaired) electrons. The number of nitrogens with zero attached hydrogens (tertiary/aromatic N) is 1. The molecule has 0 aliphatic rings. The molecule has 0 aliphatic heterocycles. The van der Waals surface area contributed by atoms with Gasteiger partial charge in [-0.25, -0.2) is 4.98 Å². The highest BCUT2D eigenvalue weighted by atomic mass is 79.9. The van der Waals surface area contributed by atoms with Crippen LogP contribution in [0.3, 0.4) is 0 Å². The van der Waals surface area contributed by atoms with Crippen molar-refractivity contribution in [3.05, 3.63) is 57.7 Å². The molecule has 0 saturated carbocycles. The molecule has 0 bridgehead atoms. The minimum absolute atomic E-state index is 0.467. The van der Waals surface area contributed by atoms with Gasteiger partial charge in [0.25, 0.3) is 0 Å². The van der Waals surface area contributed by atoms with Gasteiger partial charge in [0.15, 0.2) is 0 Å². The molecule has 2 nitrogen and oxygen atoms in total. The van der Waals surface area contributed by atoms with Crippen LogP contribution in [-0.2, 0) is 6.61 Å². The SMILES string of the molecule is Clc1cccc(COc2ccc(Br)cn2)c1. The van der Waals surface area contributed by atoms with Crippen molar-refractivity contribution < 1.29 is 4.74 Å². The van der Waals surface area contributed by atoms with Crippen LogP contribution in [0, 0.1) is 0 Å². The Hall–Kier alpha value is -1.06. The third kappa shape index (κ3) is 3.22. The van der Waals surface area contributed by atoms with E-state index < -0.39 is 0 Å². The van der Waals surface area contributed by atoms with Crippen LogP contribution < -0.4 is 4.74 Å². The Kier molecular flexibility index (Phi) is 3.80. The summed E-state index contributed by atoms with van der Waals surface area (Å²) in [5, 5.41) is 0.713. The average molecular weight is 299 g/mol. The van der Waals surface area contributed by atoms with Gasteiger partial charge >= 0.3 is 0 Å². The number of ether oxygens (including phenoxy) is 1. The highest BCUT2D eigenvalue weighted by molar-refractivity contribution is 9.10. The van der Waals surface area contributed by atoms with Crippen molar-refractivity contribution in [2.24, 2.45) is 0 Å². The maximum Gasteiger partial charge on any atom is 0.213 e. The summed E-state index contributed by atoms with van der Waals surface area (Å²) in [6.07, 6.45) is 1.70. The molecule has 0 saturated heterocycles. The lowest BCUT2D eigenvalue weighted by Crippen LogP contribution is -1.96. The monoisotopic (exact) mass is 297 g/mol. The Labute approximate surface area is 107 Å². The highest BCUT2D eigenvalue weighted by Crippen LogP contribution is 2.15. The van der Waals surface area contributed by atoms with E-state index >= 15 is 0 Å². The molecule has 1 aromatic carbocycles. The molecule has 2 rings (SSSR count). The van der Waals surface area contributed by atoms with Crippen LogP contribution in [-0.4, -0.2) is 4.98 Å². The molecule has 0 N–H and O–H groups in total. The topological polar surface area (TPSA) is 22.1 Å². The lowest BCUT2D eigenvalue weighted by molar-refractivity contribution is 0.294. The van der Waals surface area contributed by atoms with Gasteiger partial charge in [-0.2, -0.15) is 0 Å². The summed E-state index contributed by atoms with van der Waals surface area (Å²) in [6, 6.07) is 11.3. The van der Waals surface area contributed by atoms with Crippen molar-refractivity contribution in [1.29, 1.82) is 0 Å². The zero-order chi connectivity index (χ0) is 11.4. The van der Waals surface area contributed by atoms with Crippen molar-refractivity contribution in [3.63, 3.8) is 0 Å². The first kappa shape index (κ1) is 11.4. The first-order chi connectivity index (χ1) is 7.74. The largest absolute Gasteiger partial charge is 0.473 e. The minimum Gasteiger partial charge on any atom is -0.473 e. The van der Waals surface area contributed by atoms with Gasteiger partial charge in [0, 0.05) is 21.8 Å². The van der Waals surface area contributed by atoms with E-state index in [1.165, 1.54) is 0 Å². The third-order valence-corrected chi connectivity index (χ3v) is 2.68. The van der Waals surface area contributed by atoms with Gasteiger partial charge in [-0.15, -0.1) is 0 Å². The molecule has 0 spiro atoms. The van der Waals surface area contributed by atoms with E-state index in [4.69, 9.17) is 16.3 Å². The fourth-order valence-corrected chi connectivity index (χ4v) is 1.68. The van der Waals surface area contributed by atoms with E-state index in [2.05, 4.69) is 20.9 Å². The molecule has 1 aromatic heterocycles. The van der Waals surface area contributed by atoms with Gasteiger partial charge in [0.2, 0.25) is 5.88 Å². The number of hydrogen-bond acceptors (Lipinski definition) is 2. The van der Waals surface area contributed by atoms with Crippen molar-refractivity contribution in [3.8, 4) is 5.88 Å². The van der Waals surface area contributed by atoms with Gasteiger partial charge < -0.3 is 4.74 Å². The first-order valence-corrected chi connectivity index (χ1v) is 5.90. The maximum absolute atomic E-state index is 5.87. The third-order valence-electron chi connectivity index (χ3n) is 1.98. The predicted octanol–water partition coefficient (Wildman–Crippen LogP) is 4.08. The molecule has 4 heteroatoms. The number of halogens is 2. The summed E-state index contributed by atoms with van der Waals surface area (Å²) < 4.78 is 6.44. The number of rotatable bonds is 3. The lowest BCUT2D eigenvalue weighted by Gasteiger charge is -2.05. The van der Waals surface area contributed by atoms with Gasteiger partial charge in [0.1, 0.15) is 6.61 Å². The van der Waals surface area contributed by atoms with Gasteiger partial charge in [0.05, 0.1) is 0 Å². The van der Waals surface area contributed by atoms with E-state index in [1.807, 2.05) is 36.4 Å². The van der Waals surface area contributed by atoms with E-state index in [9.17, 15) is 0 Å². The molecule has 0 amide bonds. The molecule has 82 valence electrons. The standard InChI is InChI=1S/C12H9BrClNO/c13-10-4-5-12(15-7-10)16-8-9-2-1-3-11(14)6-9/h1-7H,8H2. The molecule has 16 heavy (non-hydrogen) atoms. The molecular weight excluding hydrogens is 289 g/mol. The number of hydrogen-bond donors (Lipinski definition) is 0. The van der Waals surface area contributed by atoms with Crippen LogP contribution in [0.2, 0.25) is 5.02 Å². The highest BCUT2D eigenvalue weighted by Gasteiger charge is 1.97. The molecule has 2 aromatic rings. The van der Waals surface area contributed by atoms with Gasteiger partial charge in [-0.05, 0) is 39.7 Å². The maximum atomic E-state index is 5.87. The molecule has 0 atom stereocenters. The Morgan fingerprint density at radius 3 is 2.81 bits per heavy atom.